The van der Waals surface area contributed by atoms with Crippen molar-refractivity contribution >= 4 is 5.91 Å². The summed E-state index contributed by atoms with van der Waals surface area (Å²) < 4.78 is 6.76. The van der Waals surface area contributed by atoms with Crippen molar-refractivity contribution in [3.63, 3.8) is 0 Å². The van der Waals surface area contributed by atoms with Crippen LogP contribution in [0.2, 0.25) is 0 Å². The van der Waals surface area contributed by atoms with Gasteiger partial charge in [-0.15, -0.1) is 0 Å². The molecule has 2 N–H and O–H groups in total. The second kappa shape index (κ2) is 7.73. The summed E-state index contributed by atoms with van der Waals surface area (Å²) in [4.78, 5) is 25.6. The fourth-order valence-corrected chi connectivity index (χ4v) is 3.98. The highest BCUT2D eigenvalue weighted by Crippen LogP contribution is 2.23. The zero-order valence-electron chi connectivity index (χ0n) is 17.0. The second-order valence-corrected chi connectivity index (χ2v) is 7.84. The van der Waals surface area contributed by atoms with Gasteiger partial charge >= 0.3 is 0 Å². The molecule has 29 heavy (non-hydrogen) atoms. The number of amides is 1. The molecular weight excluding hydrogens is 368 g/mol. The van der Waals surface area contributed by atoms with Gasteiger partial charge in [0.05, 0.1) is 11.4 Å². The predicted octanol–water partition coefficient (Wildman–Crippen LogP) is 2.89. The summed E-state index contributed by atoms with van der Waals surface area (Å²) in [6.07, 6.45) is 2.68. The molecule has 2 heterocycles. The van der Waals surface area contributed by atoms with E-state index in [0.29, 0.717) is 32.2 Å². The summed E-state index contributed by atoms with van der Waals surface area (Å²) in [5.41, 5.74) is 5.44. The Morgan fingerprint density at radius 1 is 1.21 bits per heavy atom. The highest BCUT2D eigenvalue weighted by Gasteiger charge is 2.26. The first kappa shape index (κ1) is 19.2. The number of nitrogens with one attached hydrogen (secondary N) is 2. The lowest BCUT2D eigenvalue weighted by molar-refractivity contribution is -0.125. The Balaban J connectivity index is 1.44. The number of hydrogen-bond donors (Lipinski definition) is 2. The van der Waals surface area contributed by atoms with E-state index < -0.39 is 0 Å². The normalized spacial score (nSPS) is 16.3. The van der Waals surface area contributed by atoms with Crippen molar-refractivity contribution in [2.45, 2.75) is 53.0 Å². The summed E-state index contributed by atoms with van der Waals surface area (Å²) in [5, 5.41) is 10.2. The van der Waals surface area contributed by atoms with Crippen molar-refractivity contribution in [3.05, 3.63) is 68.5 Å². The zero-order valence-corrected chi connectivity index (χ0v) is 17.0. The molecule has 7 nitrogen and oxygen atoms in total. The molecule has 0 saturated heterocycles. The molecule has 152 valence electrons. The van der Waals surface area contributed by atoms with Gasteiger partial charge in [0.25, 0.3) is 5.56 Å². The van der Waals surface area contributed by atoms with Gasteiger partial charge in [-0.25, -0.2) is 4.68 Å². The minimum absolute atomic E-state index is 0.0133. The number of nitrogens with zero attached hydrogens (tertiary/aromatic N) is 2. The highest BCUT2D eigenvalue weighted by molar-refractivity contribution is 5.78. The van der Waals surface area contributed by atoms with E-state index in [2.05, 4.69) is 15.6 Å². The van der Waals surface area contributed by atoms with Crippen LogP contribution in [-0.4, -0.2) is 20.8 Å². The molecular formula is C22H26N4O3. The zero-order chi connectivity index (χ0) is 20.5. The SMILES string of the molecule is Cc1ccc(-n2[nH]c3c(c2=O)CCC(C(=O)NCc2c(C)noc2C)CC3)cc1. The third-order valence-corrected chi connectivity index (χ3v) is 5.84. The number of rotatable bonds is 4. The standard InChI is InChI=1S/C22H26N4O3/c1-13-4-8-17(9-5-13)26-22(28)18-10-6-16(7-11-20(18)24-26)21(27)23-12-19-14(2)25-29-15(19)3/h4-5,8-9,16,24H,6-7,10-12H2,1-3H3,(H,23,27). The third kappa shape index (κ3) is 3.77. The molecule has 1 atom stereocenters. The first-order valence-corrected chi connectivity index (χ1v) is 10.0. The molecule has 4 rings (SSSR count). The fourth-order valence-electron chi connectivity index (χ4n) is 3.98. The number of aromatic nitrogens is 3. The van der Waals surface area contributed by atoms with E-state index in [1.54, 1.807) is 4.68 Å². The van der Waals surface area contributed by atoms with Crippen LogP contribution in [0.15, 0.2) is 33.6 Å². The van der Waals surface area contributed by atoms with E-state index in [4.69, 9.17) is 4.52 Å². The molecule has 1 aliphatic carbocycles. The molecule has 0 saturated carbocycles. The molecule has 0 spiro atoms. The largest absolute Gasteiger partial charge is 0.361 e. The van der Waals surface area contributed by atoms with Crippen LogP contribution in [0.5, 0.6) is 0 Å². The number of H-pyrrole nitrogens is 1. The molecule has 1 amide bonds. The van der Waals surface area contributed by atoms with E-state index in [9.17, 15) is 9.59 Å². The summed E-state index contributed by atoms with van der Waals surface area (Å²) in [5.74, 6) is 0.646. The van der Waals surface area contributed by atoms with Crippen molar-refractivity contribution in [3.8, 4) is 5.69 Å². The molecule has 3 aromatic rings. The van der Waals surface area contributed by atoms with Gasteiger partial charge in [-0.1, -0.05) is 22.9 Å². The molecule has 1 unspecified atom stereocenters. The molecule has 0 aliphatic heterocycles. The van der Waals surface area contributed by atoms with E-state index in [1.165, 1.54) is 0 Å². The van der Waals surface area contributed by atoms with Gasteiger partial charge < -0.3 is 9.84 Å². The van der Waals surface area contributed by atoms with Gasteiger partial charge in [0, 0.05) is 29.3 Å². The topological polar surface area (TPSA) is 92.9 Å². The van der Waals surface area contributed by atoms with Gasteiger partial charge in [-0.2, -0.15) is 0 Å². The average molecular weight is 394 g/mol. The van der Waals surface area contributed by atoms with Crippen molar-refractivity contribution in [2.75, 3.05) is 0 Å². The van der Waals surface area contributed by atoms with Gasteiger partial charge in [0.15, 0.2) is 0 Å². The molecule has 1 aromatic carbocycles. The van der Waals surface area contributed by atoms with Gasteiger partial charge in [0.1, 0.15) is 5.76 Å². The summed E-state index contributed by atoms with van der Waals surface area (Å²) >= 11 is 0. The van der Waals surface area contributed by atoms with Crippen molar-refractivity contribution in [1.82, 2.24) is 20.3 Å². The predicted molar refractivity (Wildman–Crippen MR) is 109 cm³/mol. The van der Waals surface area contributed by atoms with E-state index >= 15 is 0 Å². The lowest BCUT2D eigenvalue weighted by Crippen LogP contribution is -2.31. The van der Waals surface area contributed by atoms with Crippen LogP contribution in [-0.2, 0) is 24.2 Å². The maximum Gasteiger partial charge on any atom is 0.274 e. The number of aryl methyl sites for hydroxylation is 4. The molecule has 7 heteroatoms. The number of fused-ring (bicyclic) bond motifs is 1. The van der Waals surface area contributed by atoms with Crippen LogP contribution in [0.1, 0.15) is 46.7 Å². The lowest BCUT2D eigenvalue weighted by Gasteiger charge is -2.14. The van der Waals surface area contributed by atoms with Crippen molar-refractivity contribution in [2.24, 2.45) is 5.92 Å². The number of carbonyl (C=O) groups is 1. The van der Waals surface area contributed by atoms with Crippen LogP contribution >= 0.6 is 0 Å². The number of hydrogen-bond acceptors (Lipinski definition) is 4. The first-order chi connectivity index (χ1) is 13.9. The minimum Gasteiger partial charge on any atom is -0.361 e. The fraction of sp³-hybridized carbons (Fsp3) is 0.409. The van der Waals surface area contributed by atoms with E-state index in [1.807, 2.05) is 45.0 Å². The molecule has 0 radical (unpaired) electrons. The quantitative estimate of drug-likeness (QED) is 0.666. The lowest BCUT2D eigenvalue weighted by atomic mass is 9.98. The number of benzene rings is 1. The van der Waals surface area contributed by atoms with Crippen molar-refractivity contribution < 1.29 is 9.32 Å². The highest BCUT2D eigenvalue weighted by atomic mass is 16.5. The third-order valence-electron chi connectivity index (χ3n) is 5.84. The van der Waals surface area contributed by atoms with Crippen molar-refractivity contribution in [1.29, 1.82) is 0 Å². The molecule has 1 aliphatic rings. The van der Waals surface area contributed by atoms with Gasteiger partial charge in [-0.05, 0) is 58.6 Å². The summed E-state index contributed by atoms with van der Waals surface area (Å²) in [6.45, 7) is 6.16. The summed E-state index contributed by atoms with van der Waals surface area (Å²) in [7, 11) is 0. The Hall–Kier alpha value is -3.09. The van der Waals surface area contributed by atoms with Gasteiger partial charge in [0.2, 0.25) is 5.91 Å². The molecule has 0 fully saturated rings. The maximum absolute atomic E-state index is 12.9. The Labute approximate surface area is 169 Å². The smallest absolute Gasteiger partial charge is 0.274 e. The molecule has 0 bridgehead atoms. The number of carbonyl (C=O) groups excluding carboxylic acids is 1. The minimum atomic E-state index is -0.108. The van der Waals surface area contributed by atoms with Crippen LogP contribution in [0.4, 0.5) is 0 Å². The Morgan fingerprint density at radius 3 is 2.62 bits per heavy atom. The maximum atomic E-state index is 12.9. The van der Waals surface area contributed by atoms with Crippen LogP contribution in [0.25, 0.3) is 5.69 Å². The Morgan fingerprint density at radius 2 is 1.93 bits per heavy atom. The molecule has 2 aromatic heterocycles. The first-order valence-electron chi connectivity index (χ1n) is 10.0. The Kier molecular flexibility index (Phi) is 5.13. The van der Waals surface area contributed by atoms with E-state index in [0.717, 1.165) is 39.5 Å². The average Bonchev–Trinajstić information content (AvgIpc) is 3.09. The monoisotopic (exact) mass is 394 g/mol. The second-order valence-electron chi connectivity index (χ2n) is 7.84. The van der Waals surface area contributed by atoms with Gasteiger partial charge in [-0.3, -0.25) is 14.7 Å². The number of aromatic amines is 1. The van der Waals surface area contributed by atoms with E-state index in [-0.39, 0.29) is 17.4 Å². The van der Waals surface area contributed by atoms with Crippen LogP contribution in [0.3, 0.4) is 0 Å². The summed E-state index contributed by atoms with van der Waals surface area (Å²) in [6, 6.07) is 7.87. The van der Waals surface area contributed by atoms with Crippen LogP contribution in [0, 0.1) is 26.7 Å². The Bertz CT molecular complexity index is 1070. The van der Waals surface area contributed by atoms with Crippen LogP contribution < -0.4 is 10.9 Å².